The highest BCUT2D eigenvalue weighted by Crippen LogP contribution is 2.47. The van der Waals surface area contributed by atoms with E-state index in [1.165, 1.54) is 138 Å². The molecule has 0 amide bonds. The van der Waals surface area contributed by atoms with Crippen LogP contribution in [-0.2, 0) is 0 Å². The van der Waals surface area contributed by atoms with Crippen molar-refractivity contribution in [1.82, 2.24) is 4.57 Å². The van der Waals surface area contributed by atoms with E-state index >= 15 is 0 Å². The molecule has 0 aliphatic carbocycles. The Labute approximate surface area is 415 Å². The first-order chi connectivity index (χ1) is 35.0. The van der Waals surface area contributed by atoms with Gasteiger partial charge >= 0.3 is 0 Å². The van der Waals surface area contributed by atoms with E-state index in [-0.39, 0.29) is 0 Å². The molecule has 0 N–H and O–H groups in total. The Bertz CT molecular complexity index is 4120. The summed E-state index contributed by atoms with van der Waals surface area (Å²) < 4.78 is 2.38. The largest absolute Gasteiger partial charge is 0.309 e. The van der Waals surface area contributed by atoms with Crippen LogP contribution in [0.1, 0.15) is 11.1 Å². The van der Waals surface area contributed by atoms with Gasteiger partial charge < -0.3 is 4.57 Å². The van der Waals surface area contributed by atoms with Gasteiger partial charge in [0.15, 0.2) is 0 Å². The summed E-state index contributed by atoms with van der Waals surface area (Å²) in [6.45, 7) is 4.35. The maximum atomic E-state index is 2.43. The number of nitrogens with zero attached hydrogens (tertiary/aromatic N) is 1. The van der Waals surface area contributed by atoms with Gasteiger partial charge in [-0.25, -0.2) is 0 Å². The molecule has 71 heavy (non-hydrogen) atoms. The second-order valence-electron chi connectivity index (χ2n) is 19.0. The lowest BCUT2D eigenvalue weighted by Gasteiger charge is -2.20. The van der Waals surface area contributed by atoms with Crippen LogP contribution in [0.2, 0.25) is 0 Å². The van der Waals surface area contributed by atoms with E-state index in [9.17, 15) is 0 Å². The van der Waals surface area contributed by atoms with Crippen LogP contribution in [0, 0.1) is 13.8 Å². The molecule has 0 atom stereocenters. The summed E-state index contributed by atoms with van der Waals surface area (Å²) in [5.74, 6) is 0. The zero-order valence-corrected chi connectivity index (χ0v) is 39.8. The molecule has 0 spiro atoms. The van der Waals surface area contributed by atoms with Crippen molar-refractivity contribution in [3.63, 3.8) is 0 Å². The predicted molar refractivity (Wildman–Crippen MR) is 303 cm³/mol. The van der Waals surface area contributed by atoms with Crippen LogP contribution < -0.4 is 0 Å². The Balaban J connectivity index is 0.987. The molecule has 1 aromatic heterocycles. The average molecular weight is 904 g/mol. The van der Waals surface area contributed by atoms with Crippen LogP contribution in [0.4, 0.5) is 0 Å². The molecule has 0 aliphatic rings. The maximum absolute atomic E-state index is 2.43. The lowest BCUT2D eigenvalue weighted by atomic mass is 9.83. The monoisotopic (exact) mass is 903 g/mol. The molecule has 0 aliphatic heterocycles. The predicted octanol–water partition coefficient (Wildman–Crippen LogP) is 19.4. The minimum absolute atomic E-state index is 1.17. The van der Waals surface area contributed by atoms with Crippen LogP contribution in [0.15, 0.2) is 261 Å². The van der Waals surface area contributed by atoms with Crippen LogP contribution in [0.5, 0.6) is 0 Å². The molecule has 1 heteroatoms. The first kappa shape index (κ1) is 42.1. The number of hydrogen-bond donors (Lipinski definition) is 0. The molecule has 0 bridgehead atoms. The fourth-order valence-corrected chi connectivity index (χ4v) is 11.0. The van der Waals surface area contributed by atoms with Crippen molar-refractivity contribution in [2.45, 2.75) is 13.8 Å². The Morgan fingerprint density at radius 1 is 0.211 bits per heavy atom. The van der Waals surface area contributed by atoms with E-state index in [1.54, 1.807) is 0 Å². The van der Waals surface area contributed by atoms with Crippen LogP contribution in [0.3, 0.4) is 0 Å². The molecule has 0 fully saturated rings. The Hall–Kier alpha value is -9.04. The van der Waals surface area contributed by atoms with E-state index in [4.69, 9.17) is 0 Å². The van der Waals surface area contributed by atoms with Gasteiger partial charge in [-0.2, -0.15) is 0 Å². The zero-order chi connectivity index (χ0) is 47.4. The van der Waals surface area contributed by atoms with Crippen LogP contribution in [-0.4, -0.2) is 4.57 Å². The van der Waals surface area contributed by atoms with Gasteiger partial charge in [-0.15, -0.1) is 0 Å². The highest BCUT2D eigenvalue weighted by atomic mass is 15.0. The van der Waals surface area contributed by atoms with Gasteiger partial charge in [0.1, 0.15) is 0 Å². The summed E-state index contributed by atoms with van der Waals surface area (Å²) in [6, 6.07) is 96.5. The lowest BCUT2D eigenvalue weighted by Crippen LogP contribution is -1.93. The first-order valence-corrected chi connectivity index (χ1v) is 24.6. The SMILES string of the molecule is Cc1cccc(-c2ccc3c(-c4ccc(-c5ccc6c(c5)c5ccccc5n6-c5ccccc5)cc4)c4cc(-c5cccc(C)c5)ccc4c(-c4ccc(-c5ccc(-c6ccccc6)cc5)cc4)c3c2)c1. The lowest BCUT2D eigenvalue weighted by molar-refractivity contribution is 1.18. The van der Waals surface area contributed by atoms with Crippen molar-refractivity contribution in [2.75, 3.05) is 0 Å². The number of rotatable bonds is 8. The molecule has 0 radical (unpaired) electrons. The molecule has 0 unspecified atom stereocenters. The molecule has 1 nitrogen and oxygen atoms in total. The highest BCUT2D eigenvalue weighted by molar-refractivity contribution is 6.22. The number of para-hydroxylation sites is 2. The van der Waals surface area contributed by atoms with Gasteiger partial charge in [-0.3, -0.25) is 0 Å². The third kappa shape index (κ3) is 7.60. The summed E-state index contributed by atoms with van der Waals surface area (Å²) in [5, 5.41) is 7.44. The van der Waals surface area contributed by atoms with Gasteiger partial charge in [-0.05, 0) is 156 Å². The summed E-state index contributed by atoms with van der Waals surface area (Å²) in [6.07, 6.45) is 0. The number of aromatic nitrogens is 1. The van der Waals surface area contributed by atoms with Crippen molar-refractivity contribution in [2.24, 2.45) is 0 Å². The third-order valence-corrected chi connectivity index (χ3v) is 14.5. The van der Waals surface area contributed by atoms with Crippen LogP contribution >= 0.6 is 0 Å². The quantitative estimate of drug-likeness (QED) is 0.134. The van der Waals surface area contributed by atoms with Gasteiger partial charge in [0.2, 0.25) is 0 Å². The van der Waals surface area contributed by atoms with E-state index in [1.807, 2.05) is 0 Å². The third-order valence-electron chi connectivity index (χ3n) is 14.5. The van der Waals surface area contributed by atoms with E-state index in [2.05, 4.69) is 279 Å². The summed E-state index contributed by atoms with van der Waals surface area (Å²) in [5.41, 5.74) is 23.0. The molecule has 0 saturated carbocycles. The summed E-state index contributed by atoms with van der Waals surface area (Å²) >= 11 is 0. The highest BCUT2D eigenvalue weighted by Gasteiger charge is 2.20. The van der Waals surface area contributed by atoms with Crippen molar-refractivity contribution in [3.8, 4) is 83.6 Å². The van der Waals surface area contributed by atoms with Crippen molar-refractivity contribution in [1.29, 1.82) is 0 Å². The number of hydrogen-bond acceptors (Lipinski definition) is 0. The van der Waals surface area contributed by atoms with Gasteiger partial charge in [-0.1, -0.05) is 230 Å². The maximum Gasteiger partial charge on any atom is 0.0541 e. The van der Waals surface area contributed by atoms with Gasteiger partial charge in [0, 0.05) is 16.5 Å². The standard InChI is InChI=1S/C70H49N/c1-46-13-11-17-55(41-46)58-36-39-63-65(44-58)69(53-31-27-51(28-32-53)50-25-23-49(24-26-50)48-15-5-3-6-16-48)62-38-35-59(56-18-12-14-47(2)42-56)45-66(62)70(63)54-33-29-52(30-34-54)57-37-40-68-64(43-57)61-21-9-10-22-67(61)71(68)60-19-7-4-8-20-60/h3-45H,1-2H3. The topological polar surface area (TPSA) is 4.93 Å². The number of aryl methyl sites for hydroxylation is 2. The molecule has 0 saturated heterocycles. The van der Waals surface area contributed by atoms with E-state index < -0.39 is 0 Å². The molecule has 13 rings (SSSR count). The van der Waals surface area contributed by atoms with Gasteiger partial charge in [0.05, 0.1) is 11.0 Å². The summed E-state index contributed by atoms with van der Waals surface area (Å²) in [4.78, 5) is 0. The second-order valence-corrected chi connectivity index (χ2v) is 19.0. The van der Waals surface area contributed by atoms with Crippen molar-refractivity contribution >= 4 is 43.4 Å². The van der Waals surface area contributed by atoms with Crippen molar-refractivity contribution in [3.05, 3.63) is 272 Å². The Kier molecular flexibility index (Phi) is 10.4. The summed E-state index contributed by atoms with van der Waals surface area (Å²) in [7, 11) is 0. The zero-order valence-electron chi connectivity index (χ0n) is 39.8. The molecule has 334 valence electrons. The molecule has 1 heterocycles. The Morgan fingerprint density at radius 3 is 1.08 bits per heavy atom. The van der Waals surface area contributed by atoms with E-state index in [0.29, 0.717) is 0 Å². The molecular weight excluding hydrogens is 855 g/mol. The second kappa shape index (κ2) is 17.5. The molecular formula is C70H49N. The average Bonchev–Trinajstić information content (AvgIpc) is 3.76. The van der Waals surface area contributed by atoms with Crippen molar-refractivity contribution < 1.29 is 0 Å². The minimum Gasteiger partial charge on any atom is -0.309 e. The number of benzene rings is 12. The normalized spacial score (nSPS) is 11.5. The fraction of sp³-hybridized carbons (Fsp3) is 0.0286. The molecule has 13 aromatic rings. The first-order valence-electron chi connectivity index (χ1n) is 24.6. The van der Waals surface area contributed by atoms with Crippen LogP contribution in [0.25, 0.3) is 127 Å². The van der Waals surface area contributed by atoms with E-state index in [0.717, 1.165) is 0 Å². The fourth-order valence-electron chi connectivity index (χ4n) is 11.0. The minimum atomic E-state index is 1.17. The Morgan fingerprint density at radius 2 is 0.563 bits per heavy atom. The smallest absolute Gasteiger partial charge is 0.0541 e. The number of fused-ring (bicyclic) bond motifs is 5. The van der Waals surface area contributed by atoms with Gasteiger partial charge in [0.25, 0.3) is 0 Å². The molecule has 12 aromatic carbocycles.